The number of nitrogens with one attached hydrogen (secondary N) is 1. The van der Waals surface area contributed by atoms with Crippen LogP contribution in [0.4, 0.5) is 17.7 Å². The van der Waals surface area contributed by atoms with Crippen LogP contribution < -0.4 is 15.1 Å². The average molecular weight is 375 g/mol. The van der Waals surface area contributed by atoms with E-state index in [-0.39, 0.29) is 0 Å². The van der Waals surface area contributed by atoms with Crippen molar-refractivity contribution in [3.8, 4) is 0 Å². The van der Waals surface area contributed by atoms with E-state index in [0.29, 0.717) is 6.04 Å². The Morgan fingerprint density at radius 1 is 0.821 bits per heavy atom. The van der Waals surface area contributed by atoms with Crippen LogP contribution >= 0.6 is 0 Å². The molecule has 2 fully saturated rings. The molecule has 2 aliphatic rings. The Labute approximate surface area is 164 Å². The molecule has 7 heteroatoms. The minimum absolute atomic E-state index is 0.560. The highest BCUT2D eigenvalue weighted by Gasteiger charge is 2.25. The van der Waals surface area contributed by atoms with Crippen LogP contribution in [0.3, 0.4) is 0 Å². The summed E-state index contributed by atoms with van der Waals surface area (Å²) >= 11 is 0. The second-order valence-electron chi connectivity index (χ2n) is 7.73. The number of nitrogens with zero attached hydrogens (tertiary/aromatic N) is 6. The first kappa shape index (κ1) is 17.2. The molecule has 0 amide bonds. The Balaban J connectivity index is 1.38. The zero-order valence-electron chi connectivity index (χ0n) is 16.4. The van der Waals surface area contributed by atoms with Gasteiger partial charge in [-0.15, -0.1) is 0 Å². The van der Waals surface area contributed by atoms with E-state index in [0.717, 1.165) is 66.2 Å². The van der Waals surface area contributed by atoms with Gasteiger partial charge in [0.05, 0.1) is 5.52 Å². The van der Waals surface area contributed by atoms with Crippen LogP contribution in [0.1, 0.15) is 24.2 Å². The summed E-state index contributed by atoms with van der Waals surface area (Å²) in [4.78, 5) is 23.5. The third-order valence-corrected chi connectivity index (χ3v) is 5.33. The minimum atomic E-state index is 0.560. The van der Waals surface area contributed by atoms with Crippen molar-refractivity contribution < 1.29 is 0 Å². The lowest BCUT2D eigenvalue weighted by Crippen LogP contribution is -2.47. The lowest BCUT2D eigenvalue weighted by molar-refractivity contribution is 0.627. The number of aromatic nitrogens is 4. The molecule has 0 bridgehead atoms. The van der Waals surface area contributed by atoms with Gasteiger partial charge in [0, 0.05) is 49.0 Å². The third-order valence-electron chi connectivity index (χ3n) is 5.33. The zero-order valence-corrected chi connectivity index (χ0v) is 16.4. The van der Waals surface area contributed by atoms with Gasteiger partial charge in [-0.1, -0.05) is 12.1 Å². The summed E-state index contributed by atoms with van der Waals surface area (Å²) in [5.74, 6) is 2.60. The van der Waals surface area contributed by atoms with Crippen molar-refractivity contribution in [2.24, 2.45) is 0 Å². The SMILES string of the molecule is Cc1cc(C)nc(N2CCN(c3nc(NC4CC4)c4ccccc4n3)CC2)n1. The van der Waals surface area contributed by atoms with Gasteiger partial charge >= 0.3 is 0 Å². The Morgan fingerprint density at radius 3 is 2.07 bits per heavy atom. The van der Waals surface area contributed by atoms with Gasteiger partial charge in [0.2, 0.25) is 11.9 Å². The molecule has 0 atom stereocenters. The fraction of sp³-hybridized carbons (Fsp3) is 0.429. The molecular weight excluding hydrogens is 350 g/mol. The molecule has 1 N–H and O–H groups in total. The maximum Gasteiger partial charge on any atom is 0.228 e. The Hall–Kier alpha value is -2.96. The molecule has 144 valence electrons. The van der Waals surface area contributed by atoms with Crippen molar-refractivity contribution in [1.29, 1.82) is 0 Å². The molecule has 0 unspecified atom stereocenters. The molecule has 7 nitrogen and oxygen atoms in total. The molecule has 1 saturated carbocycles. The van der Waals surface area contributed by atoms with Gasteiger partial charge < -0.3 is 15.1 Å². The summed E-state index contributed by atoms with van der Waals surface area (Å²) in [6, 6.07) is 10.8. The number of anilines is 3. The summed E-state index contributed by atoms with van der Waals surface area (Å²) in [6.07, 6.45) is 2.45. The van der Waals surface area contributed by atoms with Gasteiger partial charge in [0.15, 0.2) is 0 Å². The average Bonchev–Trinajstić information content (AvgIpc) is 3.51. The fourth-order valence-electron chi connectivity index (χ4n) is 3.69. The number of hydrogen-bond donors (Lipinski definition) is 1. The van der Waals surface area contributed by atoms with Crippen LogP contribution in [0, 0.1) is 13.8 Å². The summed E-state index contributed by atoms with van der Waals surface area (Å²) in [5, 5.41) is 4.67. The molecule has 0 spiro atoms. The molecule has 1 aliphatic carbocycles. The maximum atomic E-state index is 4.88. The van der Waals surface area contributed by atoms with Crippen LogP contribution in [0.2, 0.25) is 0 Å². The summed E-state index contributed by atoms with van der Waals surface area (Å²) < 4.78 is 0. The van der Waals surface area contributed by atoms with Crippen LogP contribution in [0.25, 0.3) is 10.9 Å². The smallest absolute Gasteiger partial charge is 0.228 e. The van der Waals surface area contributed by atoms with Crippen molar-refractivity contribution in [2.45, 2.75) is 32.7 Å². The van der Waals surface area contributed by atoms with E-state index in [2.05, 4.69) is 37.2 Å². The predicted molar refractivity (Wildman–Crippen MR) is 112 cm³/mol. The number of fused-ring (bicyclic) bond motifs is 1. The summed E-state index contributed by atoms with van der Waals surface area (Å²) in [7, 11) is 0. The second-order valence-corrected chi connectivity index (χ2v) is 7.73. The van der Waals surface area contributed by atoms with Crippen molar-refractivity contribution in [1.82, 2.24) is 19.9 Å². The number of hydrogen-bond acceptors (Lipinski definition) is 7. The second kappa shape index (κ2) is 6.89. The largest absolute Gasteiger partial charge is 0.367 e. The van der Waals surface area contributed by atoms with Gasteiger partial charge in [0.1, 0.15) is 5.82 Å². The Kier molecular flexibility index (Phi) is 4.22. The molecule has 1 aliphatic heterocycles. The normalized spacial score (nSPS) is 17.2. The predicted octanol–water partition coefficient (Wildman–Crippen LogP) is 2.94. The lowest BCUT2D eigenvalue weighted by atomic mass is 10.2. The van der Waals surface area contributed by atoms with E-state index in [4.69, 9.17) is 9.97 Å². The highest BCUT2D eigenvalue weighted by Crippen LogP contribution is 2.29. The quantitative estimate of drug-likeness (QED) is 0.752. The zero-order chi connectivity index (χ0) is 19.1. The standard InChI is InChI=1S/C21H25N7/c1-14-13-15(2)23-20(22-14)27-9-11-28(12-10-27)21-25-18-6-4-3-5-17(18)19(26-21)24-16-7-8-16/h3-6,13,16H,7-12H2,1-2H3,(H,24,25,26). The van der Waals surface area contributed by atoms with Gasteiger partial charge in [0.25, 0.3) is 0 Å². The first-order chi connectivity index (χ1) is 13.7. The van der Waals surface area contributed by atoms with Gasteiger partial charge in [-0.25, -0.2) is 15.0 Å². The minimum Gasteiger partial charge on any atom is -0.367 e. The number of aryl methyl sites for hydroxylation is 2. The van der Waals surface area contributed by atoms with E-state index >= 15 is 0 Å². The topological polar surface area (TPSA) is 70.1 Å². The first-order valence-electron chi connectivity index (χ1n) is 10.0. The van der Waals surface area contributed by atoms with Gasteiger partial charge in [-0.3, -0.25) is 0 Å². The highest BCUT2D eigenvalue weighted by atomic mass is 15.4. The van der Waals surface area contributed by atoms with Crippen LogP contribution in [0.15, 0.2) is 30.3 Å². The van der Waals surface area contributed by atoms with Gasteiger partial charge in [-0.05, 0) is 44.9 Å². The van der Waals surface area contributed by atoms with E-state index in [1.165, 1.54) is 12.8 Å². The maximum absolute atomic E-state index is 4.88. The monoisotopic (exact) mass is 375 g/mol. The lowest BCUT2D eigenvalue weighted by Gasteiger charge is -2.35. The Bertz CT molecular complexity index is 987. The summed E-state index contributed by atoms with van der Waals surface area (Å²) in [5.41, 5.74) is 3.02. The number of piperazine rings is 1. The van der Waals surface area contributed by atoms with Crippen LogP contribution in [0.5, 0.6) is 0 Å². The summed E-state index contributed by atoms with van der Waals surface area (Å²) in [6.45, 7) is 7.49. The molecule has 1 saturated heterocycles. The fourth-order valence-corrected chi connectivity index (χ4v) is 3.69. The van der Waals surface area contributed by atoms with Crippen molar-refractivity contribution in [3.05, 3.63) is 41.7 Å². The molecule has 0 radical (unpaired) electrons. The molecular formula is C21H25N7. The molecule has 2 aromatic heterocycles. The number of rotatable bonds is 4. The molecule has 3 aromatic rings. The van der Waals surface area contributed by atoms with Crippen LogP contribution in [-0.2, 0) is 0 Å². The number of benzene rings is 1. The molecule has 5 rings (SSSR count). The van der Waals surface area contributed by atoms with E-state index < -0.39 is 0 Å². The van der Waals surface area contributed by atoms with Crippen LogP contribution in [-0.4, -0.2) is 52.2 Å². The van der Waals surface area contributed by atoms with E-state index in [1.54, 1.807) is 0 Å². The highest BCUT2D eigenvalue weighted by molar-refractivity contribution is 5.90. The molecule has 28 heavy (non-hydrogen) atoms. The first-order valence-corrected chi connectivity index (χ1v) is 10.0. The van der Waals surface area contributed by atoms with E-state index in [1.807, 2.05) is 32.0 Å². The van der Waals surface area contributed by atoms with E-state index in [9.17, 15) is 0 Å². The number of para-hydroxylation sites is 1. The Morgan fingerprint density at radius 2 is 1.43 bits per heavy atom. The van der Waals surface area contributed by atoms with Crippen molar-refractivity contribution >= 4 is 28.6 Å². The molecule has 1 aromatic carbocycles. The van der Waals surface area contributed by atoms with Gasteiger partial charge in [-0.2, -0.15) is 4.98 Å². The van der Waals surface area contributed by atoms with Crippen molar-refractivity contribution in [3.63, 3.8) is 0 Å². The molecule has 3 heterocycles. The third kappa shape index (κ3) is 3.44. The van der Waals surface area contributed by atoms with Crippen molar-refractivity contribution in [2.75, 3.05) is 41.3 Å².